The molecule has 0 spiro atoms. The van der Waals surface area contributed by atoms with E-state index in [9.17, 15) is 0 Å². The molecule has 1 atom stereocenters. The van der Waals surface area contributed by atoms with Gasteiger partial charge in [0.2, 0.25) is 5.89 Å². The second kappa shape index (κ2) is 5.51. The Morgan fingerprint density at radius 2 is 2.29 bits per heavy atom. The first-order valence-corrected chi connectivity index (χ1v) is 6.75. The maximum absolute atomic E-state index is 5.60. The number of thiophene rings is 1. The molecule has 6 heteroatoms. The van der Waals surface area contributed by atoms with Crippen LogP contribution in [0.25, 0.3) is 0 Å². The van der Waals surface area contributed by atoms with Crippen molar-refractivity contribution in [3.63, 3.8) is 0 Å². The third-order valence-electron chi connectivity index (χ3n) is 2.30. The molecular weight excluding hydrogens is 258 g/mol. The van der Waals surface area contributed by atoms with Crippen LogP contribution in [0.4, 0.5) is 6.01 Å². The standard InChI is InChI=1S/C11H14ClN3OS/c1-7-3-4-9(17-7)8(2)13-11-15-14-10(16-11)5-6-12/h3-4,8H,5-6H2,1-2H3,(H,13,15). The number of rotatable bonds is 5. The Bertz CT molecular complexity index is 483. The Hall–Kier alpha value is -1.07. The summed E-state index contributed by atoms with van der Waals surface area (Å²) < 4.78 is 5.41. The minimum absolute atomic E-state index is 0.165. The van der Waals surface area contributed by atoms with E-state index in [0.29, 0.717) is 24.2 Å². The van der Waals surface area contributed by atoms with Gasteiger partial charge >= 0.3 is 6.01 Å². The number of hydrogen-bond acceptors (Lipinski definition) is 5. The van der Waals surface area contributed by atoms with E-state index in [4.69, 9.17) is 16.0 Å². The van der Waals surface area contributed by atoms with E-state index >= 15 is 0 Å². The molecule has 0 amide bonds. The van der Waals surface area contributed by atoms with Gasteiger partial charge in [-0.05, 0) is 26.0 Å². The molecule has 0 radical (unpaired) electrons. The summed E-state index contributed by atoms with van der Waals surface area (Å²) >= 11 is 7.36. The van der Waals surface area contributed by atoms with Gasteiger partial charge in [-0.2, -0.15) is 0 Å². The first-order valence-electron chi connectivity index (χ1n) is 5.40. The summed E-state index contributed by atoms with van der Waals surface area (Å²) in [5, 5.41) is 11.0. The number of aromatic nitrogens is 2. The van der Waals surface area contributed by atoms with E-state index in [0.717, 1.165) is 0 Å². The Labute approximate surface area is 109 Å². The SMILES string of the molecule is Cc1ccc(C(C)Nc2nnc(CCCl)o2)s1. The minimum Gasteiger partial charge on any atom is -0.408 e. The highest BCUT2D eigenvalue weighted by atomic mass is 35.5. The zero-order valence-corrected chi connectivity index (χ0v) is 11.3. The summed E-state index contributed by atoms with van der Waals surface area (Å²) in [5.74, 6) is 1.05. The molecule has 92 valence electrons. The molecule has 0 saturated carbocycles. The normalized spacial score (nSPS) is 12.6. The van der Waals surface area contributed by atoms with Crippen molar-refractivity contribution in [3.8, 4) is 0 Å². The van der Waals surface area contributed by atoms with E-state index in [1.807, 2.05) is 0 Å². The third-order valence-corrected chi connectivity index (χ3v) is 3.68. The Balaban J connectivity index is 1.99. The van der Waals surface area contributed by atoms with E-state index in [-0.39, 0.29) is 6.04 Å². The highest BCUT2D eigenvalue weighted by Crippen LogP contribution is 2.25. The molecule has 4 nitrogen and oxygen atoms in total. The van der Waals surface area contributed by atoms with E-state index in [1.165, 1.54) is 9.75 Å². The summed E-state index contributed by atoms with van der Waals surface area (Å²) in [6.07, 6.45) is 0.600. The highest BCUT2D eigenvalue weighted by Gasteiger charge is 2.11. The fourth-order valence-corrected chi connectivity index (χ4v) is 2.48. The predicted octanol–water partition coefficient (Wildman–Crippen LogP) is 3.39. The Morgan fingerprint density at radius 1 is 1.47 bits per heavy atom. The molecule has 2 aromatic rings. The molecule has 1 N–H and O–H groups in total. The molecular formula is C11H14ClN3OS. The van der Waals surface area contributed by atoms with Crippen molar-refractivity contribution in [2.45, 2.75) is 26.3 Å². The predicted molar refractivity (Wildman–Crippen MR) is 69.8 cm³/mol. The van der Waals surface area contributed by atoms with Crippen LogP contribution >= 0.6 is 22.9 Å². The molecule has 0 aliphatic heterocycles. The molecule has 0 aliphatic rings. The van der Waals surface area contributed by atoms with Crippen LogP contribution in [0.1, 0.15) is 28.6 Å². The summed E-state index contributed by atoms with van der Waals surface area (Å²) in [4.78, 5) is 2.54. The van der Waals surface area contributed by atoms with Crippen LogP contribution in [-0.4, -0.2) is 16.1 Å². The molecule has 1 unspecified atom stereocenters. The average Bonchev–Trinajstić information content (AvgIpc) is 2.88. The number of aryl methyl sites for hydroxylation is 2. The number of nitrogens with zero attached hydrogens (tertiary/aromatic N) is 2. The van der Waals surface area contributed by atoms with E-state index in [1.54, 1.807) is 11.3 Å². The summed E-state index contributed by atoms with van der Waals surface area (Å²) in [6.45, 7) is 4.16. The van der Waals surface area contributed by atoms with Gasteiger partial charge in [0.1, 0.15) is 0 Å². The van der Waals surface area contributed by atoms with Crippen molar-refractivity contribution in [2.75, 3.05) is 11.2 Å². The lowest BCUT2D eigenvalue weighted by Gasteiger charge is -2.08. The Morgan fingerprint density at radius 3 is 2.94 bits per heavy atom. The lowest BCUT2D eigenvalue weighted by molar-refractivity contribution is 0.508. The fourth-order valence-electron chi connectivity index (χ4n) is 1.44. The van der Waals surface area contributed by atoms with Gasteiger partial charge < -0.3 is 9.73 Å². The number of anilines is 1. The number of alkyl halides is 1. The van der Waals surface area contributed by atoms with E-state index in [2.05, 4.69) is 41.5 Å². The summed E-state index contributed by atoms with van der Waals surface area (Å²) in [5.41, 5.74) is 0. The molecule has 0 bridgehead atoms. The lowest BCUT2D eigenvalue weighted by Crippen LogP contribution is -2.04. The largest absolute Gasteiger partial charge is 0.408 e. The van der Waals surface area contributed by atoms with Crippen LogP contribution in [0, 0.1) is 6.92 Å². The molecule has 0 aromatic carbocycles. The number of halogens is 1. The zero-order valence-electron chi connectivity index (χ0n) is 9.74. The van der Waals surface area contributed by atoms with Gasteiger partial charge in [0.25, 0.3) is 0 Å². The smallest absolute Gasteiger partial charge is 0.315 e. The quantitative estimate of drug-likeness (QED) is 0.847. The van der Waals surface area contributed by atoms with Crippen LogP contribution < -0.4 is 5.32 Å². The molecule has 0 fully saturated rings. The molecule has 2 heterocycles. The third kappa shape index (κ3) is 3.20. The van der Waals surface area contributed by atoms with Gasteiger partial charge in [0, 0.05) is 22.1 Å². The molecule has 0 aliphatic carbocycles. The second-order valence-electron chi connectivity index (χ2n) is 3.75. The maximum atomic E-state index is 5.60. The van der Waals surface area contributed by atoms with Crippen LogP contribution in [0.5, 0.6) is 0 Å². The summed E-state index contributed by atoms with van der Waals surface area (Å²) in [6, 6.07) is 4.82. The monoisotopic (exact) mass is 271 g/mol. The van der Waals surface area contributed by atoms with Crippen molar-refractivity contribution in [1.29, 1.82) is 0 Å². The number of nitrogens with one attached hydrogen (secondary N) is 1. The Kier molecular flexibility index (Phi) is 4.02. The second-order valence-corrected chi connectivity index (χ2v) is 5.45. The topological polar surface area (TPSA) is 51.0 Å². The fraction of sp³-hybridized carbons (Fsp3) is 0.455. The van der Waals surface area contributed by atoms with Crippen LogP contribution in [-0.2, 0) is 6.42 Å². The molecule has 2 aromatic heterocycles. The molecule has 17 heavy (non-hydrogen) atoms. The lowest BCUT2D eigenvalue weighted by atomic mass is 10.3. The zero-order chi connectivity index (χ0) is 12.3. The van der Waals surface area contributed by atoms with Crippen molar-refractivity contribution < 1.29 is 4.42 Å². The maximum Gasteiger partial charge on any atom is 0.315 e. The van der Waals surface area contributed by atoms with Crippen molar-refractivity contribution in [2.24, 2.45) is 0 Å². The highest BCUT2D eigenvalue weighted by molar-refractivity contribution is 7.12. The van der Waals surface area contributed by atoms with Gasteiger partial charge in [-0.3, -0.25) is 0 Å². The minimum atomic E-state index is 0.165. The number of hydrogen-bond donors (Lipinski definition) is 1. The average molecular weight is 272 g/mol. The van der Waals surface area contributed by atoms with Gasteiger partial charge in [0.15, 0.2) is 0 Å². The van der Waals surface area contributed by atoms with Crippen LogP contribution in [0.3, 0.4) is 0 Å². The van der Waals surface area contributed by atoms with Gasteiger partial charge in [-0.25, -0.2) is 0 Å². The summed E-state index contributed by atoms with van der Waals surface area (Å²) in [7, 11) is 0. The van der Waals surface area contributed by atoms with Gasteiger partial charge in [-0.15, -0.1) is 28.0 Å². The first-order chi connectivity index (χ1) is 8.19. The first kappa shape index (κ1) is 12.4. The van der Waals surface area contributed by atoms with E-state index < -0.39 is 0 Å². The van der Waals surface area contributed by atoms with Gasteiger partial charge in [-0.1, -0.05) is 5.10 Å². The van der Waals surface area contributed by atoms with Crippen LogP contribution in [0.2, 0.25) is 0 Å². The van der Waals surface area contributed by atoms with Crippen molar-refractivity contribution in [1.82, 2.24) is 10.2 Å². The van der Waals surface area contributed by atoms with Crippen LogP contribution in [0.15, 0.2) is 16.5 Å². The van der Waals surface area contributed by atoms with Crippen molar-refractivity contribution >= 4 is 29.0 Å². The molecule has 2 rings (SSSR count). The van der Waals surface area contributed by atoms with Gasteiger partial charge in [0.05, 0.1) is 6.04 Å². The van der Waals surface area contributed by atoms with Crippen molar-refractivity contribution in [3.05, 3.63) is 27.8 Å². The molecule has 0 saturated heterocycles.